The van der Waals surface area contributed by atoms with E-state index >= 15 is 0 Å². The first-order chi connectivity index (χ1) is 15.4. The molecule has 0 bridgehead atoms. The lowest BCUT2D eigenvalue weighted by atomic mass is 10.1. The van der Waals surface area contributed by atoms with E-state index in [1.807, 2.05) is 30.3 Å². The Kier molecular flexibility index (Phi) is 6.87. The van der Waals surface area contributed by atoms with Crippen molar-refractivity contribution >= 4 is 29.7 Å². The molecule has 2 aliphatic rings. The van der Waals surface area contributed by atoms with Crippen molar-refractivity contribution in [1.29, 1.82) is 0 Å². The third kappa shape index (κ3) is 5.93. The predicted molar refractivity (Wildman–Crippen MR) is 136 cm³/mol. The fourth-order valence-corrected chi connectivity index (χ4v) is 4.64. The van der Waals surface area contributed by atoms with Gasteiger partial charge in [-0.3, -0.25) is 0 Å². The zero-order chi connectivity index (χ0) is 22.6. The van der Waals surface area contributed by atoms with E-state index < -0.39 is 7.14 Å². The topological polar surface area (TPSA) is 72.0 Å². The molecule has 1 saturated heterocycles. The van der Waals surface area contributed by atoms with Gasteiger partial charge in [-0.2, -0.15) is 0 Å². The maximum atomic E-state index is 12.2. The van der Waals surface area contributed by atoms with Crippen LogP contribution in [0, 0.1) is 0 Å². The minimum Gasteiger partial charge on any atom is -0.369 e. The second-order valence-electron chi connectivity index (χ2n) is 8.77. The Morgan fingerprint density at radius 2 is 1.69 bits per heavy atom. The summed E-state index contributed by atoms with van der Waals surface area (Å²) in [7, 11) is -0.0587. The number of nitrogens with zero attached hydrogens (tertiary/aromatic N) is 3. The van der Waals surface area contributed by atoms with Crippen LogP contribution in [0.25, 0.3) is 0 Å². The number of rotatable bonds is 6. The van der Waals surface area contributed by atoms with E-state index in [1.54, 1.807) is 13.3 Å². The number of piperazine rings is 1. The van der Waals surface area contributed by atoms with E-state index in [9.17, 15) is 4.57 Å². The Bertz CT molecular complexity index is 1020. The average Bonchev–Trinajstić information content (AvgIpc) is 2.79. The average molecular weight is 453 g/mol. The molecule has 0 aromatic heterocycles. The third-order valence-electron chi connectivity index (χ3n) is 5.85. The van der Waals surface area contributed by atoms with Crippen LogP contribution < -0.4 is 26.2 Å². The van der Waals surface area contributed by atoms with E-state index in [0.717, 1.165) is 55.4 Å². The molecule has 0 radical (unpaired) electrons. The van der Waals surface area contributed by atoms with Crippen LogP contribution in [-0.4, -0.2) is 64.0 Å². The monoisotopic (exact) mass is 452 g/mol. The summed E-state index contributed by atoms with van der Waals surface area (Å²) in [6.45, 7) is 9.22. The summed E-state index contributed by atoms with van der Waals surface area (Å²) in [4.78, 5) is 9.30. The van der Waals surface area contributed by atoms with Crippen LogP contribution in [-0.2, 0) is 11.1 Å². The van der Waals surface area contributed by atoms with Crippen molar-refractivity contribution in [1.82, 2.24) is 15.5 Å². The number of nitrogens with one attached hydrogen (secondary N) is 3. The van der Waals surface area contributed by atoms with Crippen LogP contribution in [0.15, 0.2) is 65.4 Å². The molecular formula is C24H33N6OP. The van der Waals surface area contributed by atoms with E-state index in [2.05, 4.69) is 62.1 Å². The van der Waals surface area contributed by atoms with Crippen molar-refractivity contribution in [3.8, 4) is 0 Å². The van der Waals surface area contributed by atoms with Crippen molar-refractivity contribution in [3.63, 3.8) is 0 Å². The van der Waals surface area contributed by atoms with E-state index in [1.165, 1.54) is 11.3 Å². The van der Waals surface area contributed by atoms with E-state index in [-0.39, 0.29) is 0 Å². The van der Waals surface area contributed by atoms with Gasteiger partial charge in [0.05, 0.1) is 0 Å². The molecular weight excluding hydrogens is 419 g/mol. The van der Waals surface area contributed by atoms with Gasteiger partial charge in [0, 0.05) is 55.5 Å². The molecule has 0 amide bonds. The molecule has 0 spiro atoms. The summed E-state index contributed by atoms with van der Waals surface area (Å²) >= 11 is 0. The van der Waals surface area contributed by atoms with Crippen LogP contribution >= 0.6 is 7.14 Å². The van der Waals surface area contributed by atoms with Crippen LogP contribution in [0.3, 0.4) is 0 Å². The van der Waals surface area contributed by atoms with Crippen molar-refractivity contribution in [2.75, 3.05) is 63.4 Å². The Balaban J connectivity index is 1.31. The molecule has 0 atom stereocenters. The zero-order valence-electron chi connectivity index (χ0n) is 19.1. The SMILES string of the molecule is CN1CCN(c2ccc(CNC3=CC(Nc4ccc(P(C)(C)=O)cc4)=NCN3)cc2)CC1. The highest BCUT2D eigenvalue weighted by Crippen LogP contribution is 2.34. The number of benzene rings is 2. The lowest BCUT2D eigenvalue weighted by Crippen LogP contribution is -2.44. The molecule has 8 heteroatoms. The fourth-order valence-electron chi connectivity index (χ4n) is 3.77. The van der Waals surface area contributed by atoms with Crippen LogP contribution in [0.1, 0.15) is 5.56 Å². The number of hydrogen-bond acceptors (Lipinski definition) is 7. The first kappa shape index (κ1) is 22.4. The second-order valence-corrected chi connectivity index (χ2v) is 12.0. The Hall–Kier alpha value is -2.76. The Morgan fingerprint density at radius 3 is 2.34 bits per heavy atom. The minimum atomic E-state index is -2.24. The van der Waals surface area contributed by atoms with Gasteiger partial charge < -0.3 is 30.3 Å². The van der Waals surface area contributed by atoms with Gasteiger partial charge in [-0.25, -0.2) is 4.99 Å². The van der Waals surface area contributed by atoms with Crippen molar-refractivity contribution in [2.45, 2.75) is 6.54 Å². The molecule has 2 aromatic carbocycles. The van der Waals surface area contributed by atoms with Crippen LogP contribution in [0.5, 0.6) is 0 Å². The minimum absolute atomic E-state index is 0.515. The highest BCUT2D eigenvalue weighted by molar-refractivity contribution is 7.70. The molecule has 0 unspecified atom stereocenters. The molecule has 0 saturated carbocycles. The predicted octanol–water partition coefficient (Wildman–Crippen LogP) is 2.69. The molecule has 2 aliphatic heterocycles. The highest BCUT2D eigenvalue weighted by atomic mass is 31.2. The summed E-state index contributed by atoms with van der Waals surface area (Å²) in [5.41, 5.74) is 3.46. The van der Waals surface area contributed by atoms with Crippen molar-refractivity contribution in [3.05, 3.63) is 66.0 Å². The molecule has 32 heavy (non-hydrogen) atoms. The molecule has 4 rings (SSSR count). The summed E-state index contributed by atoms with van der Waals surface area (Å²) in [5.74, 6) is 1.73. The highest BCUT2D eigenvalue weighted by Gasteiger charge is 2.14. The smallest absolute Gasteiger partial charge is 0.130 e. The van der Waals surface area contributed by atoms with Gasteiger partial charge in [0.2, 0.25) is 0 Å². The Labute approximate surface area is 191 Å². The number of hydrogen-bond donors (Lipinski definition) is 3. The summed E-state index contributed by atoms with van der Waals surface area (Å²) in [5, 5.41) is 10.9. The van der Waals surface area contributed by atoms with Gasteiger partial charge in [-0.05, 0) is 62.3 Å². The summed E-state index contributed by atoms with van der Waals surface area (Å²) < 4.78 is 12.2. The number of anilines is 2. The van der Waals surface area contributed by atoms with Gasteiger partial charge in [-0.1, -0.05) is 12.1 Å². The van der Waals surface area contributed by atoms with Gasteiger partial charge in [0.25, 0.3) is 0 Å². The first-order valence-electron chi connectivity index (χ1n) is 11.1. The molecule has 1 fully saturated rings. The molecule has 170 valence electrons. The number of aliphatic imine (C=N–C) groups is 1. The van der Waals surface area contributed by atoms with Crippen molar-refractivity contribution < 1.29 is 4.57 Å². The number of amidine groups is 1. The van der Waals surface area contributed by atoms with Gasteiger partial charge >= 0.3 is 0 Å². The van der Waals surface area contributed by atoms with E-state index in [4.69, 9.17) is 0 Å². The number of likely N-dealkylation sites (N-methyl/N-ethyl adjacent to an activating group) is 1. The third-order valence-corrected chi connectivity index (χ3v) is 7.39. The lowest BCUT2D eigenvalue weighted by molar-refractivity contribution is 0.313. The van der Waals surface area contributed by atoms with Gasteiger partial charge in [0.15, 0.2) is 0 Å². The fraction of sp³-hybridized carbons (Fsp3) is 0.375. The molecule has 2 aromatic rings. The molecule has 0 aliphatic carbocycles. The largest absolute Gasteiger partial charge is 0.369 e. The van der Waals surface area contributed by atoms with Gasteiger partial charge in [0.1, 0.15) is 25.5 Å². The summed E-state index contributed by atoms with van der Waals surface area (Å²) in [6.07, 6.45) is 1.97. The molecule has 3 N–H and O–H groups in total. The maximum absolute atomic E-state index is 12.2. The second kappa shape index (κ2) is 9.80. The summed E-state index contributed by atoms with van der Waals surface area (Å²) in [6, 6.07) is 16.5. The standard InChI is InChI=1S/C24H33N6OP/c1-29-12-14-30(15-13-29)21-8-4-19(5-9-21)17-25-23-16-24(27-18-26-23)28-20-6-10-22(11-7-20)32(2,3)31/h4-11,16,25-26H,12-15,17-18H2,1-3H3,(H,27,28). The Morgan fingerprint density at radius 1 is 1.00 bits per heavy atom. The molecule has 2 heterocycles. The van der Waals surface area contributed by atoms with Crippen molar-refractivity contribution in [2.24, 2.45) is 4.99 Å². The molecule has 7 nitrogen and oxygen atoms in total. The van der Waals surface area contributed by atoms with Gasteiger partial charge in [-0.15, -0.1) is 0 Å². The maximum Gasteiger partial charge on any atom is 0.130 e. The zero-order valence-corrected chi connectivity index (χ0v) is 20.0. The normalized spacial score (nSPS) is 17.3. The van der Waals surface area contributed by atoms with Crippen LogP contribution in [0.2, 0.25) is 0 Å². The van der Waals surface area contributed by atoms with Crippen LogP contribution in [0.4, 0.5) is 11.4 Å². The quantitative estimate of drug-likeness (QED) is 0.586. The van der Waals surface area contributed by atoms with E-state index in [0.29, 0.717) is 6.67 Å². The lowest BCUT2D eigenvalue weighted by Gasteiger charge is -2.34. The first-order valence-corrected chi connectivity index (χ1v) is 13.7.